The van der Waals surface area contributed by atoms with Crippen molar-refractivity contribution in [1.29, 1.82) is 0 Å². The number of nitrogens with one attached hydrogen (secondary N) is 1. The summed E-state index contributed by atoms with van der Waals surface area (Å²) in [4.78, 5) is 28.0. The summed E-state index contributed by atoms with van der Waals surface area (Å²) in [6.07, 6.45) is 3.59. The Kier molecular flexibility index (Phi) is 6.59. The number of benzene rings is 1. The first-order valence-corrected chi connectivity index (χ1v) is 8.56. The lowest BCUT2D eigenvalue weighted by molar-refractivity contribution is -0.118. The summed E-state index contributed by atoms with van der Waals surface area (Å²) in [6, 6.07) is 7.54. The molecular formula is C18H27N3O2. The molecule has 0 radical (unpaired) electrons. The summed E-state index contributed by atoms with van der Waals surface area (Å²) in [6.45, 7) is 7.28. The highest BCUT2D eigenvalue weighted by molar-refractivity contribution is 5.97. The Morgan fingerprint density at radius 2 is 2.00 bits per heavy atom. The fraction of sp³-hybridized carbons (Fsp3) is 0.556. The van der Waals surface area contributed by atoms with Crippen LogP contribution in [0.25, 0.3) is 0 Å². The second-order valence-electron chi connectivity index (χ2n) is 6.02. The lowest BCUT2D eigenvalue weighted by atomic mass is 10.2. The summed E-state index contributed by atoms with van der Waals surface area (Å²) in [5, 5.41) is 2.95. The minimum Gasteiger partial charge on any atom is -0.325 e. The molecule has 1 aliphatic rings. The first-order chi connectivity index (χ1) is 11.1. The van der Waals surface area contributed by atoms with Gasteiger partial charge in [0.2, 0.25) is 11.8 Å². The zero-order valence-corrected chi connectivity index (χ0v) is 14.2. The molecule has 1 saturated heterocycles. The number of carbonyl (C=O) groups excluding carboxylic acids is 2. The maximum absolute atomic E-state index is 12.2. The summed E-state index contributed by atoms with van der Waals surface area (Å²) < 4.78 is 0. The number of hydrogen-bond acceptors (Lipinski definition) is 3. The highest BCUT2D eigenvalue weighted by Crippen LogP contribution is 2.24. The number of carbonyl (C=O) groups is 2. The summed E-state index contributed by atoms with van der Waals surface area (Å²) in [5.74, 6) is 0.155. The Morgan fingerprint density at radius 3 is 2.61 bits per heavy atom. The monoisotopic (exact) mass is 317 g/mol. The Labute approximate surface area is 138 Å². The van der Waals surface area contributed by atoms with Gasteiger partial charge in [0.15, 0.2) is 0 Å². The van der Waals surface area contributed by atoms with Gasteiger partial charge in [0.25, 0.3) is 0 Å². The number of anilines is 2. The molecule has 1 fully saturated rings. The Morgan fingerprint density at radius 1 is 1.26 bits per heavy atom. The van der Waals surface area contributed by atoms with Crippen molar-refractivity contribution in [1.82, 2.24) is 4.90 Å². The molecule has 2 rings (SSSR count). The molecule has 0 spiro atoms. The van der Waals surface area contributed by atoms with Crippen LogP contribution in [0.3, 0.4) is 0 Å². The van der Waals surface area contributed by atoms with Crippen molar-refractivity contribution in [2.75, 3.05) is 36.4 Å². The normalized spacial score (nSPS) is 14.6. The second-order valence-corrected chi connectivity index (χ2v) is 6.02. The Hall–Kier alpha value is -1.88. The van der Waals surface area contributed by atoms with Gasteiger partial charge in [-0.05, 0) is 50.6 Å². The van der Waals surface area contributed by atoms with Gasteiger partial charge in [0.1, 0.15) is 0 Å². The molecule has 0 unspecified atom stereocenters. The van der Waals surface area contributed by atoms with E-state index in [2.05, 4.69) is 24.1 Å². The van der Waals surface area contributed by atoms with Gasteiger partial charge in [-0.3, -0.25) is 14.5 Å². The van der Waals surface area contributed by atoms with Crippen LogP contribution >= 0.6 is 0 Å². The molecule has 1 N–H and O–H groups in total. The molecule has 1 aromatic carbocycles. The maximum Gasteiger partial charge on any atom is 0.238 e. The van der Waals surface area contributed by atoms with E-state index in [0.29, 0.717) is 13.0 Å². The zero-order valence-electron chi connectivity index (χ0n) is 14.2. The van der Waals surface area contributed by atoms with E-state index in [9.17, 15) is 9.59 Å². The van der Waals surface area contributed by atoms with Crippen LogP contribution in [0.1, 0.15) is 39.5 Å². The topological polar surface area (TPSA) is 52.7 Å². The average molecular weight is 317 g/mol. The van der Waals surface area contributed by atoms with E-state index < -0.39 is 0 Å². The predicted octanol–water partition coefficient (Wildman–Crippen LogP) is 2.87. The first-order valence-electron chi connectivity index (χ1n) is 8.56. The van der Waals surface area contributed by atoms with Crippen molar-refractivity contribution in [2.24, 2.45) is 0 Å². The van der Waals surface area contributed by atoms with Crippen LogP contribution in [0.5, 0.6) is 0 Å². The van der Waals surface area contributed by atoms with Crippen LogP contribution in [0.2, 0.25) is 0 Å². The van der Waals surface area contributed by atoms with E-state index in [1.54, 1.807) is 4.90 Å². The van der Waals surface area contributed by atoms with Crippen LogP contribution < -0.4 is 10.2 Å². The molecule has 23 heavy (non-hydrogen) atoms. The first kappa shape index (κ1) is 17.5. The van der Waals surface area contributed by atoms with Crippen LogP contribution in [0.4, 0.5) is 11.4 Å². The fourth-order valence-electron chi connectivity index (χ4n) is 2.98. The van der Waals surface area contributed by atoms with Gasteiger partial charge >= 0.3 is 0 Å². The standard InChI is InChI=1S/C18H27N3O2/c1-3-10-20(11-4-2)14-17(22)19-15-7-5-8-16(13-15)21-12-6-9-18(21)23/h5,7-8,13H,3-4,6,9-12,14H2,1-2H3,(H,19,22). The smallest absolute Gasteiger partial charge is 0.238 e. The molecule has 0 aromatic heterocycles. The number of hydrogen-bond donors (Lipinski definition) is 1. The number of amides is 2. The molecule has 0 bridgehead atoms. The second kappa shape index (κ2) is 8.67. The summed E-state index contributed by atoms with van der Waals surface area (Å²) >= 11 is 0. The molecule has 0 atom stereocenters. The molecule has 5 heteroatoms. The minimum atomic E-state index is -0.00296. The van der Waals surface area contributed by atoms with Gasteiger partial charge < -0.3 is 10.2 Å². The molecule has 0 aliphatic carbocycles. The molecule has 2 amide bonds. The van der Waals surface area contributed by atoms with E-state index >= 15 is 0 Å². The average Bonchev–Trinajstić information content (AvgIpc) is 2.94. The van der Waals surface area contributed by atoms with Crippen molar-refractivity contribution < 1.29 is 9.59 Å². The van der Waals surface area contributed by atoms with Gasteiger partial charge in [0, 0.05) is 24.3 Å². The molecule has 1 aliphatic heterocycles. The third kappa shape index (κ3) is 5.06. The summed E-state index contributed by atoms with van der Waals surface area (Å²) in [7, 11) is 0. The third-order valence-electron chi connectivity index (χ3n) is 3.96. The molecule has 5 nitrogen and oxygen atoms in total. The molecule has 1 heterocycles. The van der Waals surface area contributed by atoms with Gasteiger partial charge in [-0.25, -0.2) is 0 Å². The van der Waals surface area contributed by atoms with Gasteiger partial charge in [-0.1, -0.05) is 19.9 Å². The Bertz CT molecular complexity index is 539. The molecule has 126 valence electrons. The van der Waals surface area contributed by atoms with Crippen LogP contribution in [-0.2, 0) is 9.59 Å². The van der Waals surface area contributed by atoms with Gasteiger partial charge in [-0.15, -0.1) is 0 Å². The summed E-state index contributed by atoms with van der Waals surface area (Å²) in [5.41, 5.74) is 1.62. The van der Waals surface area contributed by atoms with E-state index in [-0.39, 0.29) is 11.8 Å². The fourth-order valence-corrected chi connectivity index (χ4v) is 2.98. The van der Waals surface area contributed by atoms with E-state index in [4.69, 9.17) is 0 Å². The van der Waals surface area contributed by atoms with Gasteiger partial charge in [0.05, 0.1) is 6.54 Å². The molecule has 0 saturated carbocycles. The van der Waals surface area contributed by atoms with Crippen LogP contribution in [-0.4, -0.2) is 42.9 Å². The van der Waals surface area contributed by atoms with Crippen molar-refractivity contribution in [2.45, 2.75) is 39.5 Å². The van der Waals surface area contributed by atoms with E-state index in [1.165, 1.54) is 0 Å². The lowest BCUT2D eigenvalue weighted by Gasteiger charge is -2.21. The van der Waals surface area contributed by atoms with Gasteiger partial charge in [-0.2, -0.15) is 0 Å². The molecule has 1 aromatic rings. The van der Waals surface area contributed by atoms with E-state index in [0.717, 1.165) is 50.3 Å². The minimum absolute atomic E-state index is 0.00296. The quantitative estimate of drug-likeness (QED) is 0.802. The zero-order chi connectivity index (χ0) is 16.7. The predicted molar refractivity (Wildman–Crippen MR) is 93.7 cm³/mol. The van der Waals surface area contributed by atoms with Crippen molar-refractivity contribution in [3.63, 3.8) is 0 Å². The number of rotatable bonds is 8. The third-order valence-corrected chi connectivity index (χ3v) is 3.96. The van der Waals surface area contributed by atoms with Crippen molar-refractivity contribution in [3.05, 3.63) is 24.3 Å². The number of nitrogens with zero attached hydrogens (tertiary/aromatic N) is 2. The lowest BCUT2D eigenvalue weighted by Crippen LogP contribution is -2.34. The largest absolute Gasteiger partial charge is 0.325 e. The maximum atomic E-state index is 12.2. The highest BCUT2D eigenvalue weighted by Gasteiger charge is 2.21. The highest BCUT2D eigenvalue weighted by atomic mass is 16.2. The molecular weight excluding hydrogens is 290 g/mol. The van der Waals surface area contributed by atoms with Crippen LogP contribution in [0.15, 0.2) is 24.3 Å². The van der Waals surface area contributed by atoms with Crippen molar-refractivity contribution >= 4 is 23.2 Å². The van der Waals surface area contributed by atoms with E-state index in [1.807, 2.05) is 24.3 Å². The van der Waals surface area contributed by atoms with Crippen LogP contribution in [0, 0.1) is 0 Å². The van der Waals surface area contributed by atoms with Crippen molar-refractivity contribution in [3.8, 4) is 0 Å². The SMILES string of the molecule is CCCN(CCC)CC(=O)Nc1cccc(N2CCCC2=O)c1. The Balaban J connectivity index is 1.96.